The van der Waals surface area contributed by atoms with Crippen LogP contribution in [0.5, 0.6) is 5.75 Å². The molecule has 0 aliphatic rings. The van der Waals surface area contributed by atoms with Crippen LogP contribution >= 0.6 is 22.7 Å². The maximum atomic E-state index is 14.0. The smallest absolute Gasteiger partial charge is 0.262 e. The first-order valence-electron chi connectivity index (χ1n) is 9.14. The van der Waals surface area contributed by atoms with Gasteiger partial charge in [-0.05, 0) is 56.0 Å². The Bertz CT molecular complexity index is 1230. The Morgan fingerprint density at radius 3 is 2.66 bits per heavy atom. The first-order chi connectivity index (χ1) is 14.0. The highest BCUT2D eigenvalue weighted by Gasteiger charge is 2.21. The zero-order valence-corrected chi connectivity index (χ0v) is 17.6. The van der Waals surface area contributed by atoms with Crippen LogP contribution in [0.3, 0.4) is 0 Å². The fraction of sp³-hybridized carbons (Fsp3) is 0.182. The minimum atomic E-state index is -0.739. The normalized spacial score (nSPS) is 11.1. The molecule has 7 heteroatoms. The summed E-state index contributed by atoms with van der Waals surface area (Å²) < 4.78 is 15.5. The molecule has 148 valence electrons. The molecular formula is C22H19FN2O2S2. The van der Waals surface area contributed by atoms with E-state index in [1.54, 1.807) is 40.2 Å². The number of para-hydroxylation sites is 1. The summed E-state index contributed by atoms with van der Waals surface area (Å²) in [6.45, 7) is 4.15. The summed E-state index contributed by atoms with van der Waals surface area (Å²) in [4.78, 5) is 21.3. The van der Waals surface area contributed by atoms with Crippen molar-refractivity contribution in [1.29, 1.82) is 0 Å². The van der Waals surface area contributed by atoms with Gasteiger partial charge >= 0.3 is 0 Å². The zero-order chi connectivity index (χ0) is 20.5. The van der Waals surface area contributed by atoms with Gasteiger partial charge in [0.15, 0.2) is 11.6 Å². The summed E-state index contributed by atoms with van der Waals surface area (Å²) in [6, 6.07) is 12.1. The molecule has 0 atom stereocenters. The Kier molecular flexibility index (Phi) is 5.34. The number of phenols is 1. The summed E-state index contributed by atoms with van der Waals surface area (Å²) >= 11 is 3.16. The summed E-state index contributed by atoms with van der Waals surface area (Å²) in [5, 5.41) is 12.3. The van der Waals surface area contributed by atoms with Gasteiger partial charge in [0, 0.05) is 21.2 Å². The molecule has 0 aliphatic heterocycles. The first kappa shape index (κ1) is 19.5. The maximum absolute atomic E-state index is 14.0. The first-order valence-corrected chi connectivity index (χ1v) is 10.8. The van der Waals surface area contributed by atoms with Gasteiger partial charge in [-0.3, -0.25) is 9.36 Å². The van der Waals surface area contributed by atoms with Crippen molar-refractivity contribution in [3.05, 3.63) is 79.5 Å². The second-order valence-electron chi connectivity index (χ2n) is 6.73. The predicted octanol–water partition coefficient (Wildman–Crippen LogP) is 5.40. The summed E-state index contributed by atoms with van der Waals surface area (Å²) in [5.74, 6) is -0.960. The lowest BCUT2D eigenvalue weighted by Gasteiger charge is -2.16. The minimum Gasteiger partial charge on any atom is -0.504 e. The highest BCUT2D eigenvalue weighted by Crippen LogP contribution is 2.32. The van der Waals surface area contributed by atoms with Crippen molar-refractivity contribution in [1.82, 2.24) is 9.55 Å². The zero-order valence-electron chi connectivity index (χ0n) is 16.0. The van der Waals surface area contributed by atoms with Crippen LogP contribution in [-0.4, -0.2) is 14.7 Å². The molecule has 4 rings (SSSR count). The molecule has 0 unspecified atom stereocenters. The Balaban J connectivity index is 1.92. The van der Waals surface area contributed by atoms with Crippen LogP contribution in [0, 0.1) is 19.7 Å². The van der Waals surface area contributed by atoms with Gasteiger partial charge in [0.05, 0.1) is 16.8 Å². The lowest BCUT2D eigenvalue weighted by Crippen LogP contribution is -2.26. The van der Waals surface area contributed by atoms with Crippen molar-refractivity contribution in [3.63, 3.8) is 0 Å². The van der Waals surface area contributed by atoms with Crippen molar-refractivity contribution in [3.8, 4) is 27.6 Å². The molecule has 4 aromatic rings. The molecule has 3 heterocycles. The lowest BCUT2D eigenvalue weighted by molar-refractivity contribution is 0.433. The number of hydrogen-bond acceptors (Lipinski definition) is 5. The molecule has 1 N–H and O–H groups in total. The van der Waals surface area contributed by atoms with E-state index >= 15 is 0 Å². The molecule has 0 spiro atoms. The number of aryl methyl sites for hydroxylation is 3. The van der Waals surface area contributed by atoms with Crippen molar-refractivity contribution in [2.45, 2.75) is 26.8 Å². The standard InChI is InChI=1S/C22H19FN2O2S2/c1-13-8-9-18(29-13)19-14(2)24-21(16-6-3-7-17(23)20(16)26)25(22(19)27)11-10-15-5-4-12-28-15/h3-9,12,26H,10-11H2,1-2H3. The van der Waals surface area contributed by atoms with Gasteiger partial charge in [0.1, 0.15) is 5.82 Å². The van der Waals surface area contributed by atoms with Crippen LogP contribution in [0.25, 0.3) is 21.8 Å². The van der Waals surface area contributed by atoms with Gasteiger partial charge in [0.25, 0.3) is 5.56 Å². The Morgan fingerprint density at radius 2 is 1.97 bits per heavy atom. The molecule has 29 heavy (non-hydrogen) atoms. The van der Waals surface area contributed by atoms with Gasteiger partial charge in [-0.25, -0.2) is 9.37 Å². The third-order valence-corrected chi connectivity index (χ3v) is 6.68. The molecule has 0 aliphatic carbocycles. The van der Waals surface area contributed by atoms with E-state index in [0.29, 0.717) is 24.2 Å². The van der Waals surface area contributed by atoms with E-state index in [0.717, 1.165) is 14.6 Å². The van der Waals surface area contributed by atoms with E-state index in [1.165, 1.54) is 12.1 Å². The summed E-state index contributed by atoms with van der Waals surface area (Å²) in [6.07, 6.45) is 0.647. The van der Waals surface area contributed by atoms with Crippen LogP contribution in [-0.2, 0) is 13.0 Å². The summed E-state index contributed by atoms with van der Waals surface area (Å²) in [7, 11) is 0. The molecular weight excluding hydrogens is 407 g/mol. The van der Waals surface area contributed by atoms with Gasteiger partial charge in [-0.1, -0.05) is 12.1 Å². The van der Waals surface area contributed by atoms with Gasteiger partial charge in [0.2, 0.25) is 0 Å². The second-order valence-corrected chi connectivity index (χ2v) is 9.05. The highest BCUT2D eigenvalue weighted by atomic mass is 32.1. The molecule has 1 aromatic carbocycles. The van der Waals surface area contributed by atoms with Crippen LogP contribution in [0.1, 0.15) is 15.4 Å². The lowest BCUT2D eigenvalue weighted by atomic mass is 10.1. The number of benzene rings is 1. The largest absolute Gasteiger partial charge is 0.504 e. The second kappa shape index (κ2) is 7.93. The minimum absolute atomic E-state index is 0.186. The molecule has 0 fully saturated rings. The predicted molar refractivity (Wildman–Crippen MR) is 116 cm³/mol. The quantitative estimate of drug-likeness (QED) is 0.465. The number of aromatic hydroxyl groups is 1. The number of nitrogens with zero attached hydrogens (tertiary/aromatic N) is 2. The van der Waals surface area contributed by atoms with Crippen LogP contribution in [0.2, 0.25) is 0 Å². The van der Waals surface area contributed by atoms with E-state index < -0.39 is 11.6 Å². The Morgan fingerprint density at radius 1 is 1.14 bits per heavy atom. The fourth-order valence-electron chi connectivity index (χ4n) is 3.30. The topological polar surface area (TPSA) is 55.1 Å². The Hall–Kier alpha value is -2.77. The van der Waals surface area contributed by atoms with Crippen molar-refractivity contribution in [2.24, 2.45) is 0 Å². The van der Waals surface area contributed by atoms with E-state index in [2.05, 4.69) is 4.98 Å². The average molecular weight is 427 g/mol. The number of thiophene rings is 2. The third kappa shape index (κ3) is 3.75. The average Bonchev–Trinajstić information content (AvgIpc) is 3.35. The molecule has 3 aromatic heterocycles. The van der Waals surface area contributed by atoms with E-state index in [9.17, 15) is 14.3 Å². The van der Waals surface area contributed by atoms with Gasteiger partial charge in [-0.15, -0.1) is 22.7 Å². The molecule has 0 amide bonds. The van der Waals surface area contributed by atoms with Crippen LogP contribution < -0.4 is 5.56 Å². The summed E-state index contributed by atoms with van der Waals surface area (Å²) in [5.41, 5.74) is 1.14. The molecule has 0 saturated heterocycles. The SMILES string of the molecule is Cc1ccc(-c2c(C)nc(-c3cccc(F)c3O)n(CCc3cccs3)c2=O)s1. The van der Waals surface area contributed by atoms with Crippen molar-refractivity contribution in [2.75, 3.05) is 0 Å². The van der Waals surface area contributed by atoms with Crippen molar-refractivity contribution >= 4 is 22.7 Å². The van der Waals surface area contributed by atoms with E-state index in [1.807, 2.05) is 36.6 Å². The highest BCUT2D eigenvalue weighted by molar-refractivity contribution is 7.15. The fourth-order valence-corrected chi connectivity index (χ4v) is 4.95. The molecule has 0 saturated carbocycles. The van der Waals surface area contributed by atoms with Crippen molar-refractivity contribution < 1.29 is 9.50 Å². The molecule has 4 nitrogen and oxygen atoms in total. The van der Waals surface area contributed by atoms with Crippen LogP contribution in [0.15, 0.2) is 52.6 Å². The van der Waals surface area contributed by atoms with Gasteiger partial charge in [-0.2, -0.15) is 0 Å². The van der Waals surface area contributed by atoms with E-state index in [-0.39, 0.29) is 16.9 Å². The number of halogens is 1. The van der Waals surface area contributed by atoms with Gasteiger partial charge < -0.3 is 5.11 Å². The third-order valence-electron chi connectivity index (χ3n) is 4.73. The number of hydrogen-bond donors (Lipinski definition) is 1. The number of aromatic nitrogens is 2. The van der Waals surface area contributed by atoms with Crippen LogP contribution in [0.4, 0.5) is 4.39 Å². The molecule has 0 radical (unpaired) electrons. The monoisotopic (exact) mass is 426 g/mol. The Labute approximate surface area is 175 Å². The molecule has 0 bridgehead atoms. The number of rotatable bonds is 5. The maximum Gasteiger partial charge on any atom is 0.262 e. The van der Waals surface area contributed by atoms with E-state index in [4.69, 9.17) is 0 Å². The number of phenolic OH excluding ortho intramolecular Hbond substituents is 1.